The third-order valence-corrected chi connectivity index (χ3v) is 3.52. The van der Waals surface area contributed by atoms with E-state index in [1.165, 1.54) is 22.6 Å². The number of aromatic nitrogens is 2. The van der Waals surface area contributed by atoms with Crippen LogP contribution in [0.1, 0.15) is 10.5 Å². The lowest BCUT2D eigenvalue weighted by atomic mass is 10.2. The standard InChI is InChI=1S/C14H8BrFN2O2/c15-12-10-2-1-3-11(14(19)20)18(10)13(17-12)8-4-6-9(16)7-5-8/h1-7H,(H,19,20). The first-order valence-corrected chi connectivity index (χ1v) is 6.53. The Morgan fingerprint density at radius 2 is 1.90 bits per heavy atom. The van der Waals surface area contributed by atoms with Gasteiger partial charge in [-0.2, -0.15) is 0 Å². The van der Waals surface area contributed by atoms with Crippen molar-refractivity contribution in [3.8, 4) is 11.4 Å². The predicted molar refractivity (Wildman–Crippen MR) is 75.2 cm³/mol. The summed E-state index contributed by atoms with van der Waals surface area (Å²) in [5.74, 6) is -0.958. The number of nitrogens with zero attached hydrogens (tertiary/aromatic N) is 2. The molecule has 3 aromatic rings. The zero-order chi connectivity index (χ0) is 14.3. The Morgan fingerprint density at radius 3 is 2.55 bits per heavy atom. The molecule has 1 N–H and O–H groups in total. The largest absolute Gasteiger partial charge is 0.477 e. The van der Waals surface area contributed by atoms with E-state index in [-0.39, 0.29) is 11.5 Å². The van der Waals surface area contributed by atoms with E-state index in [2.05, 4.69) is 20.9 Å². The van der Waals surface area contributed by atoms with Crippen molar-refractivity contribution in [2.45, 2.75) is 0 Å². The average Bonchev–Trinajstić information content (AvgIpc) is 2.77. The van der Waals surface area contributed by atoms with E-state index >= 15 is 0 Å². The number of hydrogen-bond acceptors (Lipinski definition) is 2. The molecule has 4 nitrogen and oxygen atoms in total. The number of imidazole rings is 1. The Kier molecular flexibility index (Phi) is 3.02. The molecule has 0 unspecified atom stereocenters. The van der Waals surface area contributed by atoms with E-state index in [0.29, 0.717) is 21.5 Å². The van der Waals surface area contributed by atoms with Crippen LogP contribution in [0.4, 0.5) is 4.39 Å². The SMILES string of the molecule is O=C(O)c1cccc2c(Br)nc(-c3ccc(F)cc3)n12. The number of fused-ring (bicyclic) bond motifs is 1. The maximum absolute atomic E-state index is 13.0. The van der Waals surface area contributed by atoms with Crippen molar-refractivity contribution in [3.05, 3.63) is 58.6 Å². The highest BCUT2D eigenvalue weighted by atomic mass is 79.9. The van der Waals surface area contributed by atoms with Crippen LogP contribution in [0, 0.1) is 5.82 Å². The van der Waals surface area contributed by atoms with Crippen LogP contribution in [0.15, 0.2) is 47.1 Å². The van der Waals surface area contributed by atoms with Gasteiger partial charge in [0.25, 0.3) is 0 Å². The summed E-state index contributed by atoms with van der Waals surface area (Å²) in [5.41, 5.74) is 1.38. The first-order valence-electron chi connectivity index (χ1n) is 5.74. The van der Waals surface area contributed by atoms with Crippen molar-refractivity contribution in [1.29, 1.82) is 0 Å². The van der Waals surface area contributed by atoms with E-state index in [4.69, 9.17) is 0 Å². The fraction of sp³-hybridized carbons (Fsp3) is 0. The van der Waals surface area contributed by atoms with E-state index in [0.717, 1.165) is 0 Å². The lowest BCUT2D eigenvalue weighted by Gasteiger charge is -2.05. The number of hydrogen-bond donors (Lipinski definition) is 1. The molecule has 20 heavy (non-hydrogen) atoms. The number of carboxylic acid groups (broad SMARTS) is 1. The van der Waals surface area contributed by atoms with Gasteiger partial charge in [-0.15, -0.1) is 0 Å². The van der Waals surface area contributed by atoms with Gasteiger partial charge in [-0.1, -0.05) is 6.07 Å². The average molecular weight is 335 g/mol. The van der Waals surface area contributed by atoms with Crippen molar-refractivity contribution in [2.75, 3.05) is 0 Å². The van der Waals surface area contributed by atoms with Gasteiger partial charge in [0.05, 0.1) is 5.52 Å². The molecule has 0 bridgehead atoms. The van der Waals surface area contributed by atoms with Crippen molar-refractivity contribution in [2.24, 2.45) is 0 Å². The Balaban J connectivity index is 2.36. The lowest BCUT2D eigenvalue weighted by molar-refractivity contribution is 0.0689. The third kappa shape index (κ3) is 1.98. The number of carboxylic acids is 1. The second-order valence-corrected chi connectivity index (χ2v) is 4.92. The molecule has 0 aliphatic carbocycles. The molecule has 3 rings (SSSR count). The summed E-state index contributed by atoms with van der Waals surface area (Å²) in [7, 11) is 0. The molecule has 100 valence electrons. The second kappa shape index (κ2) is 4.72. The molecule has 0 saturated carbocycles. The van der Waals surface area contributed by atoms with Crippen LogP contribution in [0.25, 0.3) is 16.9 Å². The highest BCUT2D eigenvalue weighted by molar-refractivity contribution is 9.10. The first-order chi connectivity index (χ1) is 9.58. The molecule has 0 aliphatic rings. The van der Waals surface area contributed by atoms with Crippen LogP contribution in [-0.2, 0) is 0 Å². The van der Waals surface area contributed by atoms with E-state index in [1.807, 2.05) is 0 Å². The number of aromatic carboxylic acids is 1. The van der Waals surface area contributed by atoms with Gasteiger partial charge in [0, 0.05) is 5.56 Å². The summed E-state index contributed by atoms with van der Waals surface area (Å²) in [5, 5.41) is 9.28. The molecular formula is C14H8BrFN2O2. The topological polar surface area (TPSA) is 54.6 Å². The molecule has 0 aliphatic heterocycles. The summed E-state index contributed by atoms with van der Waals surface area (Å²) in [4.78, 5) is 15.7. The van der Waals surface area contributed by atoms with E-state index < -0.39 is 5.97 Å². The minimum Gasteiger partial charge on any atom is -0.477 e. The monoisotopic (exact) mass is 334 g/mol. The minimum atomic E-state index is -1.05. The van der Waals surface area contributed by atoms with Crippen LogP contribution < -0.4 is 0 Å². The maximum Gasteiger partial charge on any atom is 0.352 e. The zero-order valence-corrected chi connectivity index (χ0v) is 11.6. The lowest BCUT2D eigenvalue weighted by Crippen LogP contribution is -2.05. The van der Waals surface area contributed by atoms with Gasteiger partial charge < -0.3 is 5.11 Å². The van der Waals surface area contributed by atoms with Gasteiger partial charge in [0.15, 0.2) is 0 Å². The summed E-state index contributed by atoms with van der Waals surface area (Å²) < 4.78 is 15.1. The quantitative estimate of drug-likeness (QED) is 0.779. The molecule has 2 aromatic heterocycles. The van der Waals surface area contributed by atoms with Crippen molar-refractivity contribution >= 4 is 27.4 Å². The van der Waals surface area contributed by atoms with Crippen LogP contribution in [0.2, 0.25) is 0 Å². The summed E-state index contributed by atoms with van der Waals surface area (Å²) in [6.07, 6.45) is 0. The van der Waals surface area contributed by atoms with Crippen molar-refractivity contribution in [3.63, 3.8) is 0 Å². The number of benzene rings is 1. The summed E-state index contributed by atoms with van der Waals surface area (Å²) in [6.45, 7) is 0. The highest BCUT2D eigenvalue weighted by Gasteiger charge is 2.17. The molecular weight excluding hydrogens is 327 g/mol. The third-order valence-electron chi connectivity index (χ3n) is 2.94. The molecule has 1 aromatic carbocycles. The fourth-order valence-corrected chi connectivity index (χ4v) is 2.54. The van der Waals surface area contributed by atoms with E-state index in [1.54, 1.807) is 24.3 Å². The van der Waals surface area contributed by atoms with Gasteiger partial charge in [-0.05, 0) is 52.3 Å². The molecule has 0 saturated heterocycles. The fourth-order valence-electron chi connectivity index (χ4n) is 2.06. The van der Waals surface area contributed by atoms with Crippen molar-refractivity contribution < 1.29 is 14.3 Å². The predicted octanol–water partition coefficient (Wildman–Crippen LogP) is 3.60. The van der Waals surface area contributed by atoms with Crippen molar-refractivity contribution in [1.82, 2.24) is 9.38 Å². The van der Waals surface area contributed by atoms with Gasteiger partial charge in [0.2, 0.25) is 0 Å². The number of halogens is 2. The van der Waals surface area contributed by atoms with Crippen LogP contribution in [-0.4, -0.2) is 20.5 Å². The number of rotatable bonds is 2. The minimum absolute atomic E-state index is 0.0972. The molecule has 0 amide bonds. The Labute approximate surface area is 121 Å². The van der Waals surface area contributed by atoms with Gasteiger partial charge >= 0.3 is 5.97 Å². The maximum atomic E-state index is 13.0. The first kappa shape index (κ1) is 12.8. The normalized spacial score (nSPS) is 10.9. The van der Waals surface area contributed by atoms with Crippen LogP contribution >= 0.6 is 15.9 Å². The molecule has 6 heteroatoms. The van der Waals surface area contributed by atoms with E-state index in [9.17, 15) is 14.3 Å². The number of carbonyl (C=O) groups is 1. The molecule has 0 radical (unpaired) electrons. The Hall–Kier alpha value is -2.21. The molecule has 0 spiro atoms. The van der Waals surface area contributed by atoms with Crippen LogP contribution in [0.3, 0.4) is 0 Å². The van der Waals surface area contributed by atoms with Gasteiger partial charge in [0.1, 0.15) is 21.9 Å². The molecule has 2 heterocycles. The van der Waals surface area contributed by atoms with Crippen LogP contribution in [0.5, 0.6) is 0 Å². The summed E-state index contributed by atoms with van der Waals surface area (Å²) >= 11 is 3.31. The van der Waals surface area contributed by atoms with Gasteiger partial charge in [-0.3, -0.25) is 4.40 Å². The Morgan fingerprint density at radius 1 is 1.20 bits per heavy atom. The zero-order valence-electron chi connectivity index (χ0n) is 10.0. The Bertz CT molecular complexity index is 812. The summed E-state index contributed by atoms with van der Waals surface area (Å²) in [6, 6.07) is 10.7. The smallest absolute Gasteiger partial charge is 0.352 e. The number of pyridine rings is 1. The second-order valence-electron chi connectivity index (χ2n) is 4.17. The molecule has 0 fully saturated rings. The van der Waals surface area contributed by atoms with Gasteiger partial charge in [-0.25, -0.2) is 14.2 Å². The molecule has 0 atom stereocenters. The highest BCUT2D eigenvalue weighted by Crippen LogP contribution is 2.27.